The lowest BCUT2D eigenvalue weighted by Crippen LogP contribution is -2.66. The van der Waals surface area contributed by atoms with Crippen molar-refractivity contribution in [3.8, 4) is 16.9 Å². The maximum Gasteiger partial charge on any atom is 0.283 e. The Bertz CT molecular complexity index is 928. The molecule has 1 aromatic heterocycles. The Kier molecular flexibility index (Phi) is 3.10. The second-order valence-electron chi connectivity index (χ2n) is 7.06. The smallest absolute Gasteiger partial charge is 0.283 e. The van der Waals surface area contributed by atoms with E-state index in [1.165, 1.54) is 6.20 Å². The van der Waals surface area contributed by atoms with Crippen LogP contribution in [0.5, 0.6) is 5.75 Å². The van der Waals surface area contributed by atoms with Crippen molar-refractivity contribution in [3.63, 3.8) is 0 Å². The summed E-state index contributed by atoms with van der Waals surface area (Å²) in [4.78, 5) is 8.45. The first-order valence-corrected chi connectivity index (χ1v) is 8.54. The molecule has 26 heavy (non-hydrogen) atoms. The Hall–Kier alpha value is -2.67. The predicted octanol–water partition coefficient (Wildman–Crippen LogP) is 2.23. The molecule has 3 aliphatic rings. The van der Waals surface area contributed by atoms with Crippen molar-refractivity contribution in [3.05, 3.63) is 48.0 Å². The number of aliphatic imine (C=N–C) groups is 1. The van der Waals surface area contributed by atoms with Gasteiger partial charge in [0.1, 0.15) is 24.0 Å². The Labute approximate surface area is 149 Å². The summed E-state index contributed by atoms with van der Waals surface area (Å²) in [5.74, 6) is 0.198. The van der Waals surface area contributed by atoms with Crippen molar-refractivity contribution in [1.29, 1.82) is 0 Å². The van der Waals surface area contributed by atoms with Crippen molar-refractivity contribution < 1.29 is 18.6 Å². The maximum absolute atomic E-state index is 14.2. The summed E-state index contributed by atoms with van der Waals surface area (Å²) in [5, 5.41) is 0. The largest absolute Gasteiger partial charge is 0.489 e. The number of hydrogen-bond donors (Lipinski definition) is 1. The molecule has 1 fully saturated rings. The third kappa shape index (κ3) is 1.83. The second kappa shape index (κ2) is 5.17. The topological polar surface area (TPSA) is 79.0 Å². The van der Waals surface area contributed by atoms with Gasteiger partial charge in [-0.05, 0) is 36.8 Å². The van der Waals surface area contributed by atoms with Crippen molar-refractivity contribution in [1.82, 2.24) is 4.98 Å². The van der Waals surface area contributed by atoms with E-state index in [1.54, 1.807) is 12.1 Å². The molecule has 0 saturated carbocycles. The fraction of sp³-hybridized carbons (Fsp3) is 0.368. The van der Waals surface area contributed by atoms with Crippen LogP contribution in [0.4, 0.5) is 4.39 Å². The molecule has 4 heterocycles. The van der Waals surface area contributed by atoms with Gasteiger partial charge in [0.05, 0.1) is 18.6 Å². The first-order chi connectivity index (χ1) is 12.6. The number of rotatable bonds is 1. The van der Waals surface area contributed by atoms with E-state index in [0.717, 1.165) is 5.56 Å². The number of nitrogens with two attached hydrogens (primary N) is 1. The van der Waals surface area contributed by atoms with Crippen molar-refractivity contribution >= 4 is 6.02 Å². The molecule has 7 heteroatoms. The van der Waals surface area contributed by atoms with Crippen LogP contribution in [0, 0.1) is 11.4 Å². The van der Waals surface area contributed by atoms with Gasteiger partial charge in [0.2, 0.25) is 5.95 Å². The highest BCUT2D eigenvalue weighted by atomic mass is 19.1. The maximum atomic E-state index is 14.2. The molecule has 2 N–H and O–H groups in total. The van der Waals surface area contributed by atoms with Gasteiger partial charge in [-0.1, -0.05) is 6.07 Å². The second-order valence-corrected chi connectivity index (χ2v) is 7.06. The minimum atomic E-state index is -0.697. The van der Waals surface area contributed by atoms with Crippen LogP contribution >= 0.6 is 0 Å². The zero-order valence-electron chi connectivity index (χ0n) is 14.2. The molecule has 2 atom stereocenters. The van der Waals surface area contributed by atoms with Gasteiger partial charge in [0.25, 0.3) is 6.02 Å². The van der Waals surface area contributed by atoms with E-state index < -0.39 is 11.5 Å². The molecule has 2 aromatic rings. The van der Waals surface area contributed by atoms with Gasteiger partial charge >= 0.3 is 0 Å². The molecular weight excluding hydrogens is 337 g/mol. The van der Waals surface area contributed by atoms with E-state index in [2.05, 4.69) is 4.98 Å². The molecule has 134 valence electrons. The fourth-order valence-electron chi connectivity index (χ4n) is 4.25. The van der Waals surface area contributed by atoms with Gasteiger partial charge < -0.3 is 19.9 Å². The highest BCUT2D eigenvalue weighted by molar-refractivity contribution is 5.76. The third-order valence-electron chi connectivity index (χ3n) is 5.85. The molecule has 3 aliphatic heterocycles. The molecule has 0 unspecified atom stereocenters. The number of amidine groups is 1. The number of aromatic nitrogens is 1. The number of fused-ring (bicyclic) bond motifs is 3. The fourth-order valence-corrected chi connectivity index (χ4v) is 4.25. The summed E-state index contributed by atoms with van der Waals surface area (Å²) >= 11 is 0. The number of pyridine rings is 1. The summed E-state index contributed by atoms with van der Waals surface area (Å²) in [5.41, 5.74) is 6.83. The summed E-state index contributed by atoms with van der Waals surface area (Å²) in [6, 6.07) is 9.17. The Morgan fingerprint density at radius 2 is 2.08 bits per heavy atom. The third-order valence-corrected chi connectivity index (χ3v) is 5.85. The average Bonchev–Trinajstić information content (AvgIpc) is 2.97. The lowest BCUT2D eigenvalue weighted by Gasteiger charge is -2.56. The molecule has 0 bridgehead atoms. The summed E-state index contributed by atoms with van der Waals surface area (Å²) in [6.45, 7) is 3.37. The van der Waals surface area contributed by atoms with Gasteiger partial charge in [-0.3, -0.25) is 0 Å². The van der Waals surface area contributed by atoms with Crippen molar-refractivity contribution in [2.24, 2.45) is 16.1 Å². The van der Waals surface area contributed by atoms with Crippen LogP contribution in [-0.2, 0) is 15.0 Å². The van der Waals surface area contributed by atoms with E-state index in [0.29, 0.717) is 36.7 Å². The molecule has 0 radical (unpaired) electrons. The number of halogens is 1. The van der Waals surface area contributed by atoms with Crippen LogP contribution in [0.25, 0.3) is 11.1 Å². The van der Waals surface area contributed by atoms with Gasteiger partial charge in [-0.15, -0.1) is 0 Å². The molecular formula is C19H18FN3O3. The van der Waals surface area contributed by atoms with E-state index in [9.17, 15) is 4.39 Å². The number of hydrogen-bond acceptors (Lipinski definition) is 6. The van der Waals surface area contributed by atoms with E-state index in [-0.39, 0.29) is 17.5 Å². The van der Waals surface area contributed by atoms with Crippen LogP contribution in [0.1, 0.15) is 12.5 Å². The van der Waals surface area contributed by atoms with Gasteiger partial charge in [0.15, 0.2) is 0 Å². The summed E-state index contributed by atoms with van der Waals surface area (Å²) < 4.78 is 31.5. The molecule has 6 nitrogen and oxygen atoms in total. The average molecular weight is 355 g/mol. The number of benzene rings is 1. The van der Waals surface area contributed by atoms with E-state index in [4.69, 9.17) is 24.9 Å². The molecule has 1 saturated heterocycles. The number of ether oxygens (including phenoxy) is 3. The lowest BCUT2D eigenvalue weighted by atomic mass is 9.60. The Morgan fingerprint density at radius 1 is 1.23 bits per heavy atom. The minimum absolute atomic E-state index is 0.108. The van der Waals surface area contributed by atoms with Crippen LogP contribution < -0.4 is 10.5 Å². The Balaban J connectivity index is 1.73. The highest BCUT2D eigenvalue weighted by Gasteiger charge is 2.66. The van der Waals surface area contributed by atoms with Gasteiger partial charge in [0, 0.05) is 17.3 Å². The number of nitrogens with zero attached hydrogens (tertiary/aromatic N) is 2. The van der Waals surface area contributed by atoms with Crippen molar-refractivity contribution in [2.45, 2.75) is 18.6 Å². The molecule has 5 rings (SSSR count). The zero-order valence-corrected chi connectivity index (χ0v) is 14.2. The van der Waals surface area contributed by atoms with Crippen LogP contribution in [-0.4, -0.2) is 36.9 Å². The standard InChI is InChI=1S/C19H18FN3O3/c1-11-18(8-24-9-18)19(10-25-17(21)23-19)14-7-12(4-5-15(14)26-11)13-3-2-6-22-16(13)20/h2-7,11H,8-10H2,1H3,(H2,21,23)/t11-,19+/m0/s1. The first-order valence-electron chi connectivity index (χ1n) is 8.54. The molecule has 0 aliphatic carbocycles. The van der Waals surface area contributed by atoms with Crippen LogP contribution in [0.15, 0.2) is 41.5 Å². The van der Waals surface area contributed by atoms with Gasteiger partial charge in [-0.25, -0.2) is 9.98 Å². The Morgan fingerprint density at radius 3 is 2.73 bits per heavy atom. The van der Waals surface area contributed by atoms with Crippen LogP contribution in [0.3, 0.4) is 0 Å². The summed E-state index contributed by atoms with van der Waals surface area (Å²) in [6.07, 6.45) is 1.32. The molecule has 0 amide bonds. The summed E-state index contributed by atoms with van der Waals surface area (Å²) in [7, 11) is 0. The first kappa shape index (κ1) is 15.6. The minimum Gasteiger partial charge on any atom is -0.489 e. The van der Waals surface area contributed by atoms with Crippen LogP contribution in [0.2, 0.25) is 0 Å². The van der Waals surface area contributed by atoms with E-state index >= 15 is 0 Å². The highest BCUT2D eigenvalue weighted by Crippen LogP contribution is 2.58. The van der Waals surface area contributed by atoms with Crippen molar-refractivity contribution in [2.75, 3.05) is 19.8 Å². The normalized spacial score (nSPS) is 28.1. The molecule has 1 aromatic carbocycles. The predicted molar refractivity (Wildman–Crippen MR) is 92.2 cm³/mol. The lowest BCUT2D eigenvalue weighted by molar-refractivity contribution is -0.211. The van der Waals surface area contributed by atoms with E-state index in [1.807, 2.05) is 25.1 Å². The van der Waals surface area contributed by atoms with Gasteiger partial charge in [-0.2, -0.15) is 4.39 Å². The monoisotopic (exact) mass is 355 g/mol. The quantitative estimate of drug-likeness (QED) is 0.794. The zero-order chi connectivity index (χ0) is 17.9. The SMILES string of the molecule is C[C@@H]1Oc2ccc(-c3cccnc3F)cc2[C@]2(COC(N)=N2)C12COC2. The molecule has 2 spiro atoms.